The summed E-state index contributed by atoms with van der Waals surface area (Å²) < 4.78 is 34.7. The molecule has 0 N–H and O–H groups in total. The number of nitrogens with zero attached hydrogens (tertiary/aromatic N) is 1. The largest absolute Gasteiger partial charge is 0.493 e. The van der Waals surface area contributed by atoms with E-state index in [1.54, 1.807) is 18.2 Å². The maximum absolute atomic E-state index is 14.3. The Morgan fingerprint density at radius 3 is 1.88 bits per heavy atom. The van der Waals surface area contributed by atoms with E-state index in [9.17, 15) is 9.59 Å². The van der Waals surface area contributed by atoms with Crippen molar-refractivity contribution < 1.29 is 38.0 Å². The lowest BCUT2D eigenvalue weighted by Crippen LogP contribution is -2.54. The Kier molecular flexibility index (Phi) is 8.66. The lowest BCUT2D eigenvalue weighted by molar-refractivity contribution is 0.0859. The minimum absolute atomic E-state index is 0.0231. The Labute approximate surface area is 249 Å². The molecule has 0 bridgehead atoms. The summed E-state index contributed by atoms with van der Waals surface area (Å²) in [6, 6.07) is 23.8. The molecule has 0 aromatic heterocycles. The van der Waals surface area contributed by atoms with Gasteiger partial charge in [-0.3, -0.25) is 9.69 Å². The van der Waals surface area contributed by atoms with Crippen LogP contribution in [-0.4, -0.2) is 53.6 Å². The van der Waals surface area contributed by atoms with Gasteiger partial charge in [0, 0.05) is 23.6 Å². The number of carbonyl (C=O) groups is 1. The van der Waals surface area contributed by atoms with Crippen molar-refractivity contribution in [2.24, 2.45) is 0 Å². The molecule has 0 spiro atoms. The number of hydrogen-bond donors (Lipinski definition) is 0. The highest BCUT2D eigenvalue weighted by molar-refractivity contribution is 6.11. The number of ether oxygens (including phenoxy) is 6. The van der Waals surface area contributed by atoms with Crippen molar-refractivity contribution in [1.82, 2.24) is 0 Å². The SMILES string of the molecule is COc1cc(C2=c3c(cc(OCc4ccccc4)c(OC)c3=C=O)C(=O)N(c3ccccc3)C2OC)cc(OC)c1OC. The zero-order chi connectivity index (χ0) is 30.5. The minimum Gasteiger partial charge on any atom is -0.493 e. The number of amides is 1. The van der Waals surface area contributed by atoms with Crippen LogP contribution in [0.2, 0.25) is 0 Å². The van der Waals surface area contributed by atoms with Crippen molar-refractivity contribution in [3.63, 3.8) is 0 Å². The van der Waals surface area contributed by atoms with Gasteiger partial charge in [-0.15, -0.1) is 0 Å². The molecule has 0 fully saturated rings. The maximum atomic E-state index is 14.3. The molecule has 0 radical (unpaired) electrons. The Morgan fingerprint density at radius 1 is 0.744 bits per heavy atom. The molecule has 5 rings (SSSR count). The Hall–Kier alpha value is -5.24. The average Bonchev–Trinajstić information content (AvgIpc) is 3.06. The van der Waals surface area contributed by atoms with Crippen LogP contribution in [0.5, 0.6) is 28.7 Å². The number of para-hydroxylation sites is 1. The Morgan fingerprint density at radius 2 is 1.35 bits per heavy atom. The van der Waals surface area contributed by atoms with E-state index in [0.29, 0.717) is 39.3 Å². The highest BCUT2D eigenvalue weighted by atomic mass is 16.5. The van der Waals surface area contributed by atoms with Gasteiger partial charge in [-0.1, -0.05) is 48.5 Å². The van der Waals surface area contributed by atoms with Crippen molar-refractivity contribution >= 4 is 23.1 Å². The van der Waals surface area contributed by atoms with Crippen LogP contribution in [0, 0.1) is 0 Å². The second kappa shape index (κ2) is 12.7. The third-order valence-electron chi connectivity index (χ3n) is 7.22. The fourth-order valence-electron chi connectivity index (χ4n) is 5.31. The van der Waals surface area contributed by atoms with E-state index >= 15 is 0 Å². The molecule has 4 aromatic carbocycles. The van der Waals surface area contributed by atoms with Crippen molar-refractivity contribution in [2.75, 3.05) is 40.4 Å². The van der Waals surface area contributed by atoms with Gasteiger partial charge < -0.3 is 28.4 Å². The first-order valence-electron chi connectivity index (χ1n) is 13.4. The lowest BCUT2D eigenvalue weighted by atomic mass is 9.91. The minimum atomic E-state index is -0.960. The molecule has 0 aliphatic carbocycles. The van der Waals surface area contributed by atoms with Crippen LogP contribution in [0.4, 0.5) is 5.69 Å². The summed E-state index contributed by atoms with van der Waals surface area (Å²) in [7, 11) is 7.47. The summed E-state index contributed by atoms with van der Waals surface area (Å²) in [6.07, 6.45) is -0.960. The molecule has 220 valence electrons. The third-order valence-corrected chi connectivity index (χ3v) is 7.22. The molecule has 9 heteroatoms. The highest BCUT2D eigenvalue weighted by Gasteiger charge is 2.38. The van der Waals surface area contributed by atoms with E-state index in [0.717, 1.165) is 5.56 Å². The third kappa shape index (κ3) is 5.28. The summed E-state index contributed by atoms with van der Waals surface area (Å²) in [6.45, 7) is 0.190. The second-order valence-corrected chi connectivity index (χ2v) is 9.51. The molecule has 4 aromatic rings. The molecule has 1 heterocycles. The van der Waals surface area contributed by atoms with Crippen molar-refractivity contribution in [3.8, 4) is 28.7 Å². The topological polar surface area (TPSA) is 92.8 Å². The summed E-state index contributed by atoms with van der Waals surface area (Å²) in [5, 5.41) is 0.326. The van der Waals surface area contributed by atoms with Gasteiger partial charge in [0.25, 0.3) is 5.91 Å². The summed E-state index contributed by atoms with van der Waals surface area (Å²) in [5.41, 5.74) is 2.76. The van der Waals surface area contributed by atoms with Gasteiger partial charge in [-0.25, -0.2) is 4.79 Å². The monoisotopic (exact) mass is 581 g/mol. The number of methoxy groups -OCH3 is 5. The van der Waals surface area contributed by atoms with Gasteiger partial charge in [-0.2, -0.15) is 0 Å². The van der Waals surface area contributed by atoms with Gasteiger partial charge in [0.1, 0.15) is 17.8 Å². The van der Waals surface area contributed by atoms with Gasteiger partial charge in [-0.05, 0) is 41.5 Å². The first-order chi connectivity index (χ1) is 21.0. The fourth-order valence-corrected chi connectivity index (χ4v) is 5.31. The predicted octanol–water partition coefficient (Wildman–Crippen LogP) is 3.64. The van der Waals surface area contributed by atoms with Crippen LogP contribution in [0.1, 0.15) is 21.5 Å². The molecule has 43 heavy (non-hydrogen) atoms. The van der Waals surface area contributed by atoms with Crippen LogP contribution in [-0.2, 0) is 16.1 Å². The summed E-state index contributed by atoms with van der Waals surface area (Å²) in [5.74, 6) is 3.16. The second-order valence-electron chi connectivity index (χ2n) is 9.51. The number of hydrogen-bond acceptors (Lipinski definition) is 8. The zero-order valence-electron chi connectivity index (χ0n) is 24.5. The summed E-state index contributed by atoms with van der Waals surface area (Å²) >= 11 is 0. The molecule has 1 unspecified atom stereocenters. The predicted molar refractivity (Wildman–Crippen MR) is 160 cm³/mol. The first-order valence-corrected chi connectivity index (χ1v) is 13.4. The molecule has 1 amide bonds. The number of anilines is 1. The van der Waals surface area contributed by atoms with Gasteiger partial charge >= 0.3 is 0 Å². The van der Waals surface area contributed by atoms with E-state index < -0.39 is 12.1 Å². The standard InChI is InChI=1S/C34H31NO8/c1-38-26-16-22(17-27(39-2)32(26)41-4)29-30-24(33(37)35(34(29)42-5)23-14-10-7-11-15-23)18-28(31(40-3)25(30)19-36)43-20-21-12-8-6-9-13-21/h6-18,34H,20H2,1-5H3. The molecule has 1 atom stereocenters. The molecule has 0 saturated carbocycles. The molecule has 9 nitrogen and oxygen atoms in total. The zero-order valence-corrected chi connectivity index (χ0v) is 24.5. The molecular weight excluding hydrogens is 550 g/mol. The van der Waals surface area contributed by atoms with Crippen LogP contribution in [0.15, 0.2) is 78.9 Å². The van der Waals surface area contributed by atoms with Crippen molar-refractivity contribution in [1.29, 1.82) is 0 Å². The number of benzene rings is 4. The van der Waals surface area contributed by atoms with Gasteiger partial charge in [0.15, 0.2) is 29.2 Å². The lowest BCUT2D eigenvalue weighted by Gasteiger charge is -2.36. The molecular formula is C34H31NO8. The van der Waals surface area contributed by atoms with Crippen LogP contribution in [0.3, 0.4) is 0 Å². The molecule has 0 saturated heterocycles. The van der Waals surface area contributed by atoms with Crippen molar-refractivity contribution in [3.05, 3.63) is 106 Å². The van der Waals surface area contributed by atoms with E-state index in [2.05, 4.69) is 0 Å². The van der Waals surface area contributed by atoms with E-state index in [-0.39, 0.29) is 28.9 Å². The Balaban J connectivity index is 1.88. The highest BCUT2D eigenvalue weighted by Crippen LogP contribution is 2.42. The fraction of sp³-hybridized carbons (Fsp3) is 0.206. The summed E-state index contributed by atoms with van der Waals surface area (Å²) in [4.78, 5) is 28.6. The van der Waals surface area contributed by atoms with E-state index in [4.69, 9.17) is 28.4 Å². The molecule has 1 aliphatic rings. The number of fused-ring (bicyclic) bond motifs is 1. The van der Waals surface area contributed by atoms with Gasteiger partial charge in [0.2, 0.25) is 5.75 Å². The molecule has 1 aliphatic heterocycles. The normalized spacial score (nSPS) is 14.1. The number of carbonyl (C=O) groups excluding carboxylic acids is 2. The Bertz CT molecular complexity index is 1760. The smallest absolute Gasteiger partial charge is 0.261 e. The van der Waals surface area contributed by atoms with Crippen LogP contribution in [0.25, 0.3) is 5.57 Å². The van der Waals surface area contributed by atoms with E-state index in [1.807, 2.05) is 66.6 Å². The number of rotatable bonds is 10. The maximum Gasteiger partial charge on any atom is 0.261 e. The quantitative estimate of drug-likeness (QED) is 0.281. The van der Waals surface area contributed by atoms with E-state index in [1.165, 1.54) is 40.4 Å². The van der Waals surface area contributed by atoms with Gasteiger partial charge in [0.05, 0.1) is 34.0 Å². The van der Waals surface area contributed by atoms with Crippen LogP contribution < -0.4 is 39.0 Å². The van der Waals surface area contributed by atoms with Crippen molar-refractivity contribution in [2.45, 2.75) is 12.8 Å². The first kappa shape index (κ1) is 29.3. The van der Waals surface area contributed by atoms with Crippen LogP contribution >= 0.6 is 0 Å². The average molecular weight is 582 g/mol.